The summed E-state index contributed by atoms with van der Waals surface area (Å²) >= 11 is 0. The lowest BCUT2D eigenvalue weighted by Gasteiger charge is -2.19. The summed E-state index contributed by atoms with van der Waals surface area (Å²) in [6, 6.07) is 11.1. The lowest BCUT2D eigenvalue weighted by Crippen LogP contribution is -2.28. The predicted octanol–water partition coefficient (Wildman–Crippen LogP) is 3.04. The third-order valence-corrected chi connectivity index (χ3v) is 4.15. The van der Waals surface area contributed by atoms with Gasteiger partial charge in [0.25, 0.3) is 5.91 Å². The zero-order chi connectivity index (χ0) is 19.1. The van der Waals surface area contributed by atoms with E-state index in [-0.39, 0.29) is 5.91 Å². The molecular weight excluding hydrogens is 334 g/mol. The number of likely N-dealkylation sites (N-methyl/N-ethyl adjacent to an activating group) is 1. The van der Waals surface area contributed by atoms with Gasteiger partial charge in [0.15, 0.2) is 11.5 Å². The van der Waals surface area contributed by atoms with E-state index in [1.54, 1.807) is 31.2 Å². The van der Waals surface area contributed by atoms with E-state index in [1.165, 1.54) is 21.3 Å². The van der Waals surface area contributed by atoms with Gasteiger partial charge in [0, 0.05) is 19.2 Å². The number of carbonyl (C=O) groups excluding carboxylic acids is 1. The van der Waals surface area contributed by atoms with Gasteiger partial charge in [0.1, 0.15) is 5.75 Å². The molecular formula is C20H25NO5. The van der Waals surface area contributed by atoms with Crippen LogP contribution in [0.25, 0.3) is 0 Å². The van der Waals surface area contributed by atoms with Gasteiger partial charge >= 0.3 is 0 Å². The number of hydrogen-bond donors (Lipinski definition) is 0. The Balaban J connectivity index is 2.11. The first-order valence-electron chi connectivity index (χ1n) is 8.22. The van der Waals surface area contributed by atoms with Crippen LogP contribution in [-0.4, -0.2) is 52.8 Å². The molecule has 0 aliphatic carbocycles. The molecule has 0 saturated carbocycles. The monoisotopic (exact) mass is 359 g/mol. The quantitative estimate of drug-likeness (QED) is 0.725. The van der Waals surface area contributed by atoms with E-state index in [4.69, 9.17) is 18.9 Å². The molecule has 6 heteroatoms. The van der Waals surface area contributed by atoms with Crippen molar-refractivity contribution >= 4 is 5.91 Å². The maximum Gasteiger partial charge on any atom is 0.253 e. The summed E-state index contributed by atoms with van der Waals surface area (Å²) in [4.78, 5) is 14.4. The van der Waals surface area contributed by atoms with E-state index in [0.29, 0.717) is 29.4 Å². The highest BCUT2D eigenvalue weighted by Crippen LogP contribution is 2.38. The highest BCUT2D eigenvalue weighted by atomic mass is 16.5. The summed E-state index contributed by atoms with van der Waals surface area (Å²) < 4.78 is 21.1. The number of nitrogens with zero attached hydrogens (tertiary/aromatic N) is 1. The molecule has 26 heavy (non-hydrogen) atoms. The predicted molar refractivity (Wildman–Crippen MR) is 99.8 cm³/mol. The largest absolute Gasteiger partial charge is 0.497 e. The second-order valence-corrected chi connectivity index (χ2v) is 5.74. The fourth-order valence-corrected chi connectivity index (χ4v) is 2.62. The fourth-order valence-electron chi connectivity index (χ4n) is 2.62. The summed E-state index contributed by atoms with van der Waals surface area (Å²) in [5.41, 5.74) is 1.62. The molecule has 0 fully saturated rings. The summed E-state index contributed by atoms with van der Waals surface area (Å²) in [7, 11) is 7.99. The minimum Gasteiger partial charge on any atom is -0.497 e. The minimum absolute atomic E-state index is 0.113. The first-order chi connectivity index (χ1) is 12.5. The van der Waals surface area contributed by atoms with Crippen molar-refractivity contribution in [3.05, 3.63) is 47.5 Å². The summed E-state index contributed by atoms with van der Waals surface area (Å²) in [6.07, 6.45) is 0.747. The van der Waals surface area contributed by atoms with Crippen molar-refractivity contribution in [2.24, 2.45) is 0 Å². The Labute approximate surface area is 154 Å². The number of benzene rings is 2. The van der Waals surface area contributed by atoms with Crippen LogP contribution < -0.4 is 18.9 Å². The summed E-state index contributed by atoms with van der Waals surface area (Å²) in [5.74, 6) is 2.08. The number of rotatable bonds is 8. The Bertz CT molecular complexity index is 717. The lowest BCUT2D eigenvalue weighted by molar-refractivity contribution is 0.0795. The first-order valence-corrected chi connectivity index (χ1v) is 8.22. The Kier molecular flexibility index (Phi) is 6.72. The van der Waals surface area contributed by atoms with Gasteiger partial charge < -0.3 is 23.8 Å². The second kappa shape index (κ2) is 8.99. The molecule has 6 nitrogen and oxygen atoms in total. The van der Waals surface area contributed by atoms with Crippen LogP contribution >= 0.6 is 0 Å². The van der Waals surface area contributed by atoms with Gasteiger partial charge in [-0.2, -0.15) is 0 Å². The van der Waals surface area contributed by atoms with Crippen molar-refractivity contribution in [3.8, 4) is 23.0 Å². The van der Waals surface area contributed by atoms with Gasteiger partial charge in [0.2, 0.25) is 5.75 Å². The average molecular weight is 359 g/mol. The van der Waals surface area contributed by atoms with Crippen LogP contribution in [0.3, 0.4) is 0 Å². The van der Waals surface area contributed by atoms with E-state index in [1.807, 2.05) is 24.3 Å². The van der Waals surface area contributed by atoms with Crippen LogP contribution in [0.2, 0.25) is 0 Å². The maximum absolute atomic E-state index is 12.8. The topological polar surface area (TPSA) is 57.2 Å². The highest BCUT2D eigenvalue weighted by Gasteiger charge is 2.19. The Morgan fingerprint density at radius 2 is 1.46 bits per heavy atom. The molecule has 0 heterocycles. The second-order valence-electron chi connectivity index (χ2n) is 5.74. The van der Waals surface area contributed by atoms with E-state index < -0.39 is 0 Å². The molecule has 140 valence electrons. The summed E-state index contributed by atoms with van der Waals surface area (Å²) in [6.45, 7) is 0.585. The van der Waals surface area contributed by atoms with Crippen LogP contribution in [0.4, 0.5) is 0 Å². The van der Waals surface area contributed by atoms with Gasteiger partial charge in [-0.3, -0.25) is 4.79 Å². The highest BCUT2D eigenvalue weighted by molar-refractivity contribution is 5.95. The van der Waals surface area contributed by atoms with E-state index in [2.05, 4.69) is 0 Å². The van der Waals surface area contributed by atoms with Gasteiger partial charge in [0.05, 0.1) is 28.4 Å². The van der Waals surface area contributed by atoms with Crippen molar-refractivity contribution in [1.82, 2.24) is 4.90 Å². The molecule has 0 aliphatic rings. The van der Waals surface area contributed by atoms with Gasteiger partial charge in [-0.05, 0) is 36.2 Å². The van der Waals surface area contributed by atoms with Gasteiger partial charge in [-0.15, -0.1) is 0 Å². The van der Waals surface area contributed by atoms with Crippen molar-refractivity contribution in [3.63, 3.8) is 0 Å². The van der Waals surface area contributed by atoms with Crippen LogP contribution in [0.1, 0.15) is 15.9 Å². The van der Waals surface area contributed by atoms with Crippen LogP contribution in [0.15, 0.2) is 36.4 Å². The molecule has 2 aromatic rings. The molecule has 0 aromatic heterocycles. The minimum atomic E-state index is -0.113. The lowest BCUT2D eigenvalue weighted by atomic mass is 10.1. The molecule has 2 rings (SSSR count). The fraction of sp³-hybridized carbons (Fsp3) is 0.350. The van der Waals surface area contributed by atoms with Crippen LogP contribution in [-0.2, 0) is 6.42 Å². The molecule has 2 aromatic carbocycles. The number of hydrogen-bond acceptors (Lipinski definition) is 5. The zero-order valence-corrected chi connectivity index (χ0v) is 15.9. The van der Waals surface area contributed by atoms with E-state index in [0.717, 1.165) is 17.7 Å². The van der Waals surface area contributed by atoms with E-state index >= 15 is 0 Å². The Hall–Kier alpha value is -2.89. The third-order valence-electron chi connectivity index (χ3n) is 4.15. The zero-order valence-electron chi connectivity index (χ0n) is 15.9. The third kappa shape index (κ3) is 4.39. The standard InChI is InChI=1S/C20H25NO5/c1-21(11-10-14-6-8-16(23-2)9-7-14)20(22)15-12-17(24-3)19(26-5)18(13-15)25-4/h6-9,12-13H,10-11H2,1-5H3. The van der Waals surface area contributed by atoms with Crippen molar-refractivity contribution in [2.45, 2.75) is 6.42 Å². The number of ether oxygens (including phenoxy) is 4. The van der Waals surface area contributed by atoms with Crippen molar-refractivity contribution in [2.75, 3.05) is 42.0 Å². The number of carbonyl (C=O) groups is 1. The molecule has 0 atom stereocenters. The maximum atomic E-state index is 12.8. The number of amides is 1. The first kappa shape index (κ1) is 19.4. The Morgan fingerprint density at radius 1 is 0.885 bits per heavy atom. The summed E-state index contributed by atoms with van der Waals surface area (Å²) in [5, 5.41) is 0. The van der Waals surface area contributed by atoms with Crippen molar-refractivity contribution < 1.29 is 23.7 Å². The molecule has 0 saturated heterocycles. The normalized spacial score (nSPS) is 10.2. The van der Waals surface area contributed by atoms with Gasteiger partial charge in [-0.25, -0.2) is 0 Å². The molecule has 0 radical (unpaired) electrons. The van der Waals surface area contributed by atoms with Crippen LogP contribution in [0.5, 0.6) is 23.0 Å². The molecule has 0 bridgehead atoms. The average Bonchev–Trinajstić information content (AvgIpc) is 2.70. The molecule has 0 N–H and O–H groups in total. The van der Waals surface area contributed by atoms with Crippen LogP contribution in [0, 0.1) is 0 Å². The molecule has 0 spiro atoms. The SMILES string of the molecule is COc1ccc(CCN(C)C(=O)c2cc(OC)c(OC)c(OC)c2)cc1. The van der Waals surface area contributed by atoms with Gasteiger partial charge in [-0.1, -0.05) is 12.1 Å². The Morgan fingerprint density at radius 3 is 1.92 bits per heavy atom. The molecule has 0 unspecified atom stereocenters. The van der Waals surface area contributed by atoms with E-state index in [9.17, 15) is 4.79 Å². The smallest absolute Gasteiger partial charge is 0.253 e. The molecule has 1 amide bonds. The number of methoxy groups -OCH3 is 4. The molecule has 0 aliphatic heterocycles. The van der Waals surface area contributed by atoms with Crippen molar-refractivity contribution in [1.29, 1.82) is 0 Å².